The van der Waals surface area contributed by atoms with Crippen LogP contribution in [0.5, 0.6) is 0 Å². The molecule has 0 saturated heterocycles. The Morgan fingerprint density at radius 3 is 1.36 bits per heavy atom. The largest absolute Gasteiger partial charge is 0.324 e. The van der Waals surface area contributed by atoms with Crippen molar-refractivity contribution in [3.63, 3.8) is 0 Å². The van der Waals surface area contributed by atoms with Crippen molar-refractivity contribution in [2.24, 2.45) is 10.2 Å². The Labute approximate surface area is 218 Å². The first-order chi connectivity index (χ1) is 17.1. The molecule has 10 nitrogen and oxygen atoms in total. The zero-order valence-electron chi connectivity index (χ0n) is 19.7. The average molecular weight is 533 g/mol. The normalized spacial score (nSPS) is 11.4. The summed E-state index contributed by atoms with van der Waals surface area (Å²) in [6, 6.07) is 13.6. The third kappa shape index (κ3) is 10.7. The molecule has 4 amide bonds. The van der Waals surface area contributed by atoms with Gasteiger partial charge in [-0.05, 0) is 38.1 Å². The quantitative estimate of drug-likeness (QED) is 0.255. The van der Waals surface area contributed by atoms with Crippen LogP contribution in [0.4, 0.5) is 11.4 Å². The average Bonchev–Trinajstić information content (AvgIpc) is 2.83. The van der Waals surface area contributed by atoms with Crippen LogP contribution >= 0.6 is 23.2 Å². The highest BCUT2D eigenvalue weighted by Crippen LogP contribution is 2.21. The Bertz CT molecular complexity index is 1090. The van der Waals surface area contributed by atoms with Crippen LogP contribution in [0.2, 0.25) is 10.0 Å². The standard InChI is InChI=1S/C24H26Cl2N6O4/c1-15(13-23(35)27-19-9-5-3-7-17(19)25)29-31-21(33)11-12-22(34)32-30-16(2)14-24(36)28-20-10-6-4-8-18(20)26/h3-10H,11-14H2,1-2H3,(H,27,35)(H,28,36)(H,31,33)(H,32,34). The van der Waals surface area contributed by atoms with E-state index < -0.39 is 11.8 Å². The summed E-state index contributed by atoms with van der Waals surface area (Å²) in [5.41, 5.74) is 6.29. The van der Waals surface area contributed by atoms with E-state index in [0.717, 1.165) is 0 Å². The van der Waals surface area contributed by atoms with Crippen molar-refractivity contribution >= 4 is 69.6 Å². The Hall–Kier alpha value is -3.76. The molecule has 0 aliphatic carbocycles. The number of carbonyl (C=O) groups is 4. The first kappa shape index (κ1) is 28.5. The van der Waals surface area contributed by atoms with Crippen molar-refractivity contribution in [1.82, 2.24) is 10.9 Å². The van der Waals surface area contributed by atoms with Gasteiger partial charge in [-0.2, -0.15) is 10.2 Å². The predicted molar refractivity (Wildman–Crippen MR) is 141 cm³/mol. The van der Waals surface area contributed by atoms with Crippen LogP contribution in [0.15, 0.2) is 58.7 Å². The van der Waals surface area contributed by atoms with E-state index >= 15 is 0 Å². The molecule has 0 heterocycles. The number of hydrogen-bond acceptors (Lipinski definition) is 6. The second kappa shape index (κ2) is 14.6. The molecular formula is C24H26Cl2N6O4. The third-order valence-corrected chi connectivity index (χ3v) is 5.11. The van der Waals surface area contributed by atoms with Gasteiger partial charge in [0.05, 0.1) is 34.3 Å². The molecule has 0 aliphatic heterocycles. The van der Waals surface area contributed by atoms with Crippen molar-refractivity contribution in [2.45, 2.75) is 39.5 Å². The highest BCUT2D eigenvalue weighted by molar-refractivity contribution is 6.34. The van der Waals surface area contributed by atoms with Crippen LogP contribution in [0.25, 0.3) is 0 Å². The molecule has 0 bridgehead atoms. The zero-order chi connectivity index (χ0) is 26.5. The summed E-state index contributed by atoms with van der Waals surface area (Å²) in [4.78, 5) is 48.0. The van der Waals surface area contributed by atoms with Crippen LogP contribution in [-0.2, 0) is 19.2 Å². The van der Waals surface area contributed by atoms with Crippen molar-refractivity contribution in [1.29, 1.82) is 0 Å². The van der Waals surface area contributed by atoms with E-state index in [0.29, 0.717) is 32.8 Å². The van der Waals surface area contributed by atoms with Gasteiger partial charge in [-0.3, -0.25) is 19.2 Å². The molecular weight excluding hydrogens is 507 g/mol. The smallest absolute Gasteiger partial charge is 0.240 e. The number of amides is 4. The van der Waals surface area contributed by atoms with E-state index in [1.165, 1.54) is 0 Å². The fourth-order valence-electron chi connectivity index (χ4n) is 2.71. The van der Waals surface area contributed by atoms with Gasteiger partial charge in [-0.25, -0.2) is 10.9 Å². The summed E-state index contributed by atoms with van der Waals surface area (Å²) in [7, 11) is 0. The van der Waals surface area contributed by atoms with Gasteiger partial charge >= 0.3 is 0 Å². The fraction of sp³-hybridized carbons (Fsp3) is 0.250. The van der Waals surface area contributed by atoms with Gasteiger partial charge < -0.3 is 10.6 Å². The van der Waals surface area contributed by atoms with E-state index in [-0.39, 0.29) is 37.5 Å². The lowest BCUT2D eigenvalue weighted by atomic mass is 10.2. The summed E-state index contributed by atoms with van der Waals surface area (Å²) < 4.78 is 0. The van der Waals surface area contributed by atoms with E-state index in [2.05, 4.69) is 31.7 Å². The van der Waals surface area contributed by atoms with Gasteiger partial charge in [-0.1, -0.05) is 47.5 Å². The van der Waals surface area contributed by atoms with Gasteiger partial charge in [0.25, 0.3) is 0 Å². The monoisotopic (exact) mass is 532 g/mol. The molecule has 36 heavy (non-hydrogen) atoms. The third-order valence-electron chi connectivity index (χ3n) is 4.45. The number of nitrogens with one attached hydrogen (secondary N) is 4. The van der Waals surface area contributed by atoms with Crippen LogP contribution in [0.1, 0.15) is 39.5 Å². The summed E-state index contributed by atoms with van der Waals surface area (Å²) in [6.45, 7) is 3.16. The topological polar surface area (TPSA) is 141 Å². The molecule has 12 heteroatoms. The minimum absolute atomic E-state index is 0.0516. The lowest BCUT2D eigenvalue weighted by molar-refractivity contribution is -0.126. The van der Waals surface area contributed by atoms with Crippen LogP contribution in [0.3, 0.4) is 0 Å². The van der Waals surface area contributed by atoms with Crippen molar-refractivity contribution in [3.05, 3.63) is 58.6 Å². The number of anilines is 2. The van der Waals surface area contributed by atoms with Gasteiger partial charge in [0.2, 0.25) is 23.6 Å². The maximum absolute atomic E-state index is 12.1. The number of para-hydroxylation sites is 2. The lowest BCUT2D eigenvalue weighted by Crippen LogP contribution is -2.25. The Morgan fingerprint density at radius 1 is 0.639 bits per heavy atom. The molecule has 4 N–H and O–H groups in total. The predicted octanol–water partition coefficient (Wildman–Crippen LogP) is 4.12. The molecule has 2 aromatic carbocycles. The second-order valence-corrected chi connectivity index (χ2v) is 8.49. The minimum atomic E-state index is -0.504. The number of nitrogens with zero attached hydrogens (tertiary/aromatic N) is 2. The summed E-state index contributed by atoms with van der Waals surface area (Å²) >= 11 is 12.0. The highest BCUT2D eigenvalue weighted by atomic mass is 35.5. The maximum atomic E-state index is 12.1. The fourth-order valence-corrected chi connectivity index (χ4v) is 3.08. The van der Waals surface area contributed by atoms with Gasteiger partial charge in [0.1, 0.15) is 0 Å². The van der Waals surface area contributed by atoms with Crippen molar-refractivity contribution in [2.75, 3.05) is 10.6 Å². The molecule has 2 aromatic rings. The molecule has 2 rings (SSSR count). The summed E-state index contributed by atoms with van der Waals surface area (Å²) in [6.07, 6.45) is -0.389. The SMILES string of the molecule is CC(CC(=O)Nc1ccccc1Cl)=NNC(=O)CCC(=O)NN=C(C)CC(=O)Nc1ccccc1Cl. The first-order valence-corrected chi connectivity index (χ1v) is 11.6. The molecule has 0 unspecified atom stereocenters. The number of halogens is 2. The number of carbonyl (C=O) groups excluding carboxylic acids is 4. The Kier molecular flexibility index (Phi) is 11.5. The molecule has 0 atom stereocenters. The van der Waals surface area contributed by atoms with E-state index in [4.69, 9.17) is 23.2 Å². The zero-order valence-corrected chi connectivity index (χ0v) is 21.2. The highest BCUT2D eigenvalue weighted by Gasteiger charge is 2.10. The number of hydrazone groups is 2. The van der Waals surface area contributed by atoms with E-state index in [1.54, 1.807) is 62.4 Å². The number of benzene rings is 2. The Morgan fingerprint density at radius 2 is 1.00 bits per heavy atom. The summed E-state index contributed by atoms with van der Waals surface area (Å²) in [5, 5.41) is 13.9. The minimum Gasteiger partial charge on any atom is -0.324 e. The van der Waals surface area contributed by atoms with Crippen LogP contribution < -0.4 is 21.5 Å². The molecule has 0 radical (unpaired) electrons. The molecule has 190 valence electrons. The van der Waals surface area contributed by atoms with Gasteiger partial charge in [0.15, 0.2) is 0 Å². The number of hydrogen-bond donors (Lipinski definition) is 4. The van der Waals surface area contributed by atoms with Gasteiger partial charge in [0, 0.05) is 24.3 Å². The maximum Gasteiger partial charge on any atom is 0.240 e. The summed E-state index contributed by atoms with van der Waals surface area (Å²) in [5.74, 6) is -1.69. The first-order valence-electron chi connectivity index (χ1n) is 10.9. The van der Waals surface area contributed by atoms with Crippen molar-refractivity contribution in [3.8, 4) is 0 Å². The van der Waals surface area contributed by atoms with E-state index in [1.807, 2.05) is 0 Å². The number of rotatable bonds is 11. The molecule has 0 fully saturated rings. The Balaban J connectivity index is 1.68. The van der Waals surface area contributed by atoms with Gasteiger partial charge in [-0.15, -0.1) is 0 Å². The molecule has 0 aliphatic rings. The van der Waals surface area contributed by atoms with Crippen LogP contribution in [-0.4, -0.2) is 35.1 Å². The second-order valence-electron chi connectivity index (χ2n) is 7.67. The molecule has 0 aromatic heterocycles. The lowest BCUT2D eigenvalue weighted by Gasteiger charge is -2.07. The van der Waals surface area contributed by atoms with Crippen LogP contribution in [0, 0.1) is 0 Å². The van der Waals surface area contributed by atoms with Crippen molar-refractivity contribution < 1.29 is 19.2 Å². The van der Waals surface area contributed by atoms with E-state index in [9.17, 15) is 19.2 Å². The molecule has 0 saturated carbocycles. The molecule has 0 spiro atoms.